The van der Waals surface area contributed by atoms with Gasteiger partial charge in [0.05, 0.1) is 6.04 Å². The average molecular weight is 631 g/mol. The van der Waals surface area contributed by atoms with Gasteiger partial charge in [-0.3, -0.25) is 30.2 Å². The number of urea groups is 1. The first kappa shape index (κ1) is 33.8. The van der Waals surface area contributed by atoms with Gasteiger partial charge in [-0.25, -0.2) is 14.4 Å². The number of hydrogen-bond donors (Lipinski definition) is 2. The number of ether oxygens (including phenoxy) is 2. The highest BCUT2D eigenvalue weighted by Crippen LogP contribution is 2.30. The lowest BCUT2D eigenvalue weighted by Crippen LogP contribution is -2.57. The number of nitrogens with one attached hydrogen (secondary N) is 2. The van der Waals surface area contributed by atoms with Crippen LogP contribution < -0.4 is 10.9 Å². The molecular weight excluding hydrogens is 584 g/mol. The highest BCUT2D eigenvalue weighted by Gasteiger charge is 2.48. The SMILES string of the molecule is CC(C)(C)OC(=O)N1CCC(N(CC(=O)NNC(=O)[C@@H]2CC[C@H]3CN2C(=O)N3OCc2ccccc2)C(=O)OC(C)(C)C)CC1. The smallest absolute Gasteiger partial charge is 0.411 e. The topological polar surface area (TPSA) is 150 Å². The maximum atomic E-state index is 13.1. The van der Waals surface area contributed by atoms with Gasteiger partial charge in [-0.15, -0.1) is 0 Å². The maximum absolute atomic E-state index is 13.1. The molecule has 14 heteroatoms. The maximum Gasteiger partial charge on any atom is 0.411 e. The zero-order valence-electron chi connectivity index (χ0n) is 27.0. The van der Waals surface area contributed by atoms with Crippen LogP contribution in [0.25, 0.3) is 0 Å². The zero-order valence-corrected chi connectivity index (χ0v) is 27.0. The summed E-state index contributed by atoms with van der Waals surface area (Å²) in [5.74, 6) is -1.16. The first-order valence-electron chi connectivity index (χ1n) is 15.4. The van der Waals surface area contributed by atoms with Crippen LogP contribution >= 0.6 is 0 Å². The van der Waals surface area contributed by atoms with Crippen LogP contribution in [0.3, 0.4) is 0 Å². The molecule has 3 saturated heterocycles. The number of piperidine rings is 2. The quantitative estimate of drug-likeness (QED) is 0.437. The van der Waals surface area contributed by atoms with Crippen LogP contribution in [0.1, 0.15) is 72.8 Å². The molecule has 0 spiro atoms. The van der Waals surface area contributed by atoms with Crippen LogP contribution in [0.15, 0.2) is 30.3 Å². The molecule has 3 heterocycles. The Kier molecular flexibility index (Phi) is 10.5. The third-order valence-electron chi connectivity index (χ3n) is 7.66. The number of carbonyl (C=O) groups excluding carboxylic acids is 5. The third kappa shape index (κ3) is 9.22. The van der Waals surface area contributed by atoms with E-state index in [0.717, 1.165) is 5.56 Å². The van der Waals surface area contributed by atoms with Gasteiger partial charge in [0.15, 0.2) is 0 Å². The number of amides is 6. The van der Waals surface area contributed by atoms with Gasteiger partial charge in [-0.2, -0.15) is 5.06 Å². The second-order valence-electron chi connectivity index (χ2n) is 13.6. The van der Waals surface area contributed by atoms with E-state index in [2.05, 4.69) is 10.9 Å². The molecule has 0 unspecified atom stereocenters. The van der Waals surface area contributed by atoms with E-state index in [-0.39, 0.29) is 25.2 Å². The van der Waals surface area contributed by atoms with E-state index in [9.17, 15) is 24.0 Å². The zero-order chi connectivity index (χ0) is 32.9. The summed E-state index contributed by atoms with van der Waals surface area (Å²) in [5, 5.41) is 1.34. The molecule has 2 atom stereocenters. The summed E-state index contributed by atoms with van der Waals surface area (Å²) < 4.78 is 11.0. The molecule has 248 valence electrons. The first-order chi connectivity index (χ1) is 21.1. The average Bonchev–Trinajstić information content (AvgIpc) is 3.20. The predicted octanol–water partition coefficient (Wildman–Crippen LogP) is 3.17. The van der Waals surface area contributed by atoms with Gasteiger partial charge in [-0.05, 0) is 72.8 Å². The van der Waals surface area contributed by atoms with Crippen molar-refractivity contribution in [3.63, 3.8) is 0 Å². The summed E-state index contributed by atoms with van der Waals surface area (Å²) in [6.07, 6.45) is 0.710. The van der Waals surface area contributed by atoms with Crippen molar-refractivity contribution in [1.82, 2.24) is 30.6 Å². The Morgan fingerprint density at radius 2 is 1.53 bits per heavy atom. The van der Waals surface area contributed by atoms with Crippen LogP contribution in [-0.2, 0) is 30.5 Å². The Labute approximate surface area is 264 Å². The van der Waals surface area contributed by atoms with Gasteiger partial charge >= 0.3 is 18.2 Å². The highest BCUT2D eigenvalue weighted by molar-refractivity contribution is 5.90. The van der Waals surface area contributed by atoms with Gasteiger partial charge in [0.2, 0.25) is 0 Å². The Bertz CT molecular complexity index is 1240. The minimum absolute atomic E-state index is 0.163. The number of fused-ring (bicyclic) bond motifs is 2. The van der Waals surface area contributed by atoms with Crippen molar-refractivity contribution >= 4 is 30.0 Å². The van der Waals surface area contributed by atoms with E-state index in [1.54, 1.807) is 46.4 Å². The van der Waals surface area contributed by atoms with Crippen LogP contribution in [0.2, 0.25) is 0 Å². The summed E-state index contributed by atoms with van der Waals surface area (Å²) in [7, 11) is 0. The molecule has 45 heavy (non-hydrogen) atoms. The Morgan fingerprint density at radius 3 is 2.16 bits per heavy atom. The number of likely N-dealkylation sites (tertiary alicyclic amines) is 1. The standard InChI is InChI=1S/C31H46N6O8/c1-30(2,3)44-28(41)34-16-14-22(15-17-34)35(29(42)45-31(4,5)6)19-25(38)32-33-26(39)24-13-12-23-18-36(24)27(40)37(23)43-20-21-10-8-7-9-11-21/h7-11,22-24H,12-20H2,1-6H3,(H,32,38)(H,33,39)/t23-,24-/m0/s1. The fraction of sp³-hybridized carbons (Fsp3) is 0.645. The summed E-state index contributed by atoms with van der Waals surface area (Å²) in [6, 6.07) is 7.78. The van der Waals surface area contributed by atoms with Crippen molar-refractivity contribution in [2.45, 2.75) is 103 Å². The van der Waals surface area contributed by atoms with Gasteiger partial charge in [0.25, 0.3) is 11.8 Å². The van der Waals surface area contributed by atoms with E-state index >= 15 is 0 Å². The molecule has 0 aliphatic carbocycles. The largest absolute Gasteiger partial charge is 0.444 e. The summed E-state index contributed by atoms with van der Waals surface area (Å²) in [4.78, 5) is 75.0. The lowest BCUT2D eigenvalue weighted by atomic mass is 10.0. The van der Waals surface area contributed by atoms with E-state index in [1.165, 1.54) is 14.9 Å². The molecule has 0 radical (unpaired) electrons. The van der Waals surface area contributed by atoms with Gasteiger partial charge in [0, 0.05) is 25.7 Å². The number of carbonyl (C=O) groups is 5. The summed E-state index contributed by atoms with van der Waals surface area (Å²) >= 11 is 0. The van der Waals surface area contributed by atoms with Gasteiger partial charge in [0.1, 0.15) is 30.4 Å². The van der Waals surface area contributed by atoms with Crippen molar-refractivity contribution in [3.8, 4) is 0 Å². The van der Waals surface area contributed by atoms with Crippen LogP contribution in [0.5, 0.6) is 0 Å². The molecule has 2 bridgehead atoms. The number of benzene rings is 1. The molecule has 6 amide bonds. The second kappa shape index (κ2) is 13.9. The molecule has 3 aliphatic heterocycles. The minimum Gasteiger partial charge on any atom is -0.444 e. The number of hydrogen-bond acceptors (Lipinski definition) is 8. The molecular formula is C31H46N6O8. The lowest BCUT2D eigenvalue weighted by Gasteiger charge is -2.39. The fourth-order valence-corrected chi connectivity index (χ4v) is 5.55. The Balaban J connectivity index is 1.30. The van der Waals surface area contributed by atoms with Crippen molar-refractivity contribution in [2.75, 3.05) is 26.2 Å². The summed E-state index contributed by atoms with van der Waals surface area (Å²) in [5.41, 5.74) is 4.32. The van der Waals surface area contributed by atoms with E-state index in [0.29, 0.717) is 45.3 Å². The molecule has 1 aromatic carbocycles. The second-order valence-corrected chi connectivity index (χ2v) is 13.6. The normalized spacial score (nSPS) is 20.5. The monoisotopic (exact) mass is 630 g/mol. The Morgan fingerprint density at radius 1 is 0.889 bits per heavy atom. The first-order valence-corrected chi connectivity index (χ1v) is 15.4. The molecule has 14 nitrogen and oxygen atoms in total. The number of nitrogens with zero attached hydrogens (tertiary/aromatic N) is 4. The van der Waals surface area contributed by atoms with Crippen LogP contribution in [-0.4, -0.2) is 105 Å². The van der Waals surface area contributed by atoms with Crippen molar-refractivity contribution in [1.29, 1.82) is 0 Å². The lowest BCUT2D eigenvalue weighted by molar-refractivity contribution is -0.140. The van der Waals surface area contributed by atoms with Crippen LogP contribution in [0.4, 0.5) is 14.4 Å². The molecule has 4 rings (SSSR count). The predicted molar refractivity (Wildman–Crippen MR) is 162 cm³/mol. The van der Waals surface area contributed by atoms with E-state index in [1.807, 2.05) is 30.3 Å². The molecule has 3 aliphatic rings. The summed E-state index contributed by atoms with van der Waals surface area (Å²) in [6.45, 7) is 11.5. The molecule has 3 fully saturated rings. The van der Waals surface area contributed by atoms with Crippen molar-refractivity contribution in [2.24, 2.45) is 0 Å². The van der Waals surface area contributed by atoms with Gasteiger partial charge in [-0.1, -0.05) is 30.3 Å². The molecule has 1 aromatic rings. The molecule has 0 saturated carbocycles. The Hall–Kier alpha value is -4.07. The van der Waals surface area contributed by atoms with E-state index in [4.69, 9.17) is 14.3 Å². The highest BCUT2D eigenvalue weighted by atomic mass is 16.7. The van der Waals surface area contributed by atoms with Gasteiger partial charge < -0.3 is 19.3 Å². The number of hydrazine groups is 1. The minimum atomic E-state index is -0.795. The molecule has 2 N–H and O–H groups in total. The molecule has 0 aromatic heterocycles. The fourth-order valence-electron chi connectivity index (χ4n) is 5.55. The van der Waals surface area contributed by atoms with E-state index < -0.39 is 47.3 Å². The van der Waals surface area contributed by atoms with Crippen molar-refractivity contribution in [3.05, 3.63) is 35.9 Å². The number of rotatable bonds is 7. The number of hydroxylamine groups is 2. The van der Waals surface area contributed by atoms with Crippen LogP contribution in [0, 0.1) is 0 Å². The van der Waals surface area contributed by atoms with Crippen molar-refractivity contribution < 1.29 is 38.3 Å². The third-order valence-corrected chi connectivity index (χ3v) is 7.66.